The van der Waals surface area contributed by atoms with Crippen molar-refractivity contribution in [3.8, 4) is 0 Å². The second kappa shape index (κ2) is 4.20. The molecule has 1 saturated heterocycles. The molecule has 0 amide bonds. The van der Waals surface area contributed by atoms with Crippen molar-refractivity contribution in [1.82, 2.24) is 9.55 Å². The van der Waals surface area contributed by atoms with Crippen LogP contribution in [0, 0.1) is 10.1 Å². The number of ketones is 1. The number of aromatic nitrogens is 2. The molecule has 0 radical (unpaired) electrons. The first kappa shape index (κ1) is 11.6. The van der Waals surface area contributed by atoms with Crippen LogP contribution in [0.5, 0.6) is 0 Å². The molecule has 92 valence electrons. The van der Waals surface area contributed by atoms with Gasteiger partial charge in [-0.1, -0.05) is 4.98 Å². The van der Waals surface area contributed by atoms with Gasteiger partial charge in [0, 0.05) is 0 Å². The lowest BCUT2D eigenvalue weighted by Crippen LogP contribution is -2.27. The maximum absolute atomic E-state index is 11.4. The average Bonchev–Trinajstić information content (AvgIpc) is 2.86. The normalized spacial score (nSPS) is 28.6. The minimum absolute atomic E-state index is 0.541. The molecule has 0 aliphatic carbocycles. The van der Waals surface area contributed by atoms with Crippen LogP contribution in [0.2, 0.25) is 0 Å². The Kier molecular flexibility index (Phi) is 2.88. The third kappa shape index (κ3) is 1.79. The van der Waals surface area contributed by atoms with Gasteiger partial charge in [-0.15, -0.1) is 0 Å². The number of aliphatic hydroxyl groups excluding tert-OH is 2. The third-order valence-electron chi connectivity index (χ3n) is 2.43. The van der Waals surface area contributed by atoms with Gasteiger partial charge in [-0.05, 0) is 4.92 Å². The molecule has 1 aliphatic rings. The standard InChI is InChI=1S/C8H9N3O6/c12-3-4-5(13)6(14)7(17-4)10-2-1-9-8(10)11(15)16/h1-2,4,6-7,12,14H,3H2/t4-,6+,7?/m1/s1. The van der Waals surface area contributed by atoms with E-state index in [-0.39, 0.29) is 0 Å². The number of hydrogen-bond donors (Lipinski definition) is 2. The zero-order chi connectivity index (χ0) is 12.6. The molecule has 0 bridgehead atoms. The van der Waals surface area contributed by atoms with Crippen LogP contribution < -0.4 is 0 Å². The van der Waals surface area contributed by atoms with Gasteiger partial charge >= 0.3 is 5.95 Å². The molecule has 9 heteroatoms. The molecule has 1 fully saturated rings. The molecular weight excluding hydrogens is 234 g/mol. The van der Waals surface area contributed by atoms with Crippen molar-refractivity contribution in [2.75, 3.05) is 6.61 Å². The van der Waals surface area contributed by atoms with Crippen LogP contribution in [0.25, 0.3) is 0 Å². The van der Waals surface area contributed by atoms with E-state index in [1.165, 1.54) is 6.20 Å². The van der Waals surface area contributed by atoms with Crippen LogP contribution in [-0.4, -0.2) is 49.3 Å². The number of ether oxygens (including phenoxy) is 1. The van der Waals surface area contributed by atoms with E-state index in [0.717, 1.165) is 10.8 Å². The minimum atomic E-state index is -1.56. The van der Waals surface area contributed by atoms with Gasteiger partial charge in [-0.2, -0.15) is 4.57 Å². The van der Waals surface area contributed by atoms with Crippen LogP contribution in [0.15, 0.2) is 12.4 Å². The Morgan fingerprint density at radius 3 is 2.88 bits per heavy atom. The van der Waals surface area contributed by atoms with E-state index in [0.29, 0.717) is 0 Å². The zero-order valence-corrected chi connectivity index (χ0v) is 8.46. The van der Waals surface area contributed by atoms with Crippen LogP contribution in [0.4, 0.5) is 5.95 Å². The predicted octanol–water partition coefficient (Wildman–Crippen LogP) is -1.39. The second-order valence-electron chi connectivity index (χ2n) is 3.44. The Hall–Kier alpha value is -1.84. The van der Waals surface area contributed by atoms with Gasteiger partial charge in [-0.3, -0.25) is 4.79 Å². The molecule has 2 rings (SSSR count). The average molecular weight is 243 g/mol. The number of aliphatic hydroxyl groups is 2. The fraction of sp³-hybridized carbons (Fsp3) is 0.500. The Labute approximate surface area is 94.4 Å². The summed E-state index contributed by atoms with van der Waals surface area (Å²) in [5.41, 5.74) is 0. The lowest BCUT2D eigenvalue weighted by molar-refractivity contribution is -0.398. The molecular formula is C8H9N3O6. The summed E-state index contributed by atoms with van der Waals surface area (Å²) in [6.45, 7) is -0.588. The van der Waals surface area contributed by atoms with Crippen molar-refractivity contribution in [1.29, 1.82) is 0 Å². The molecule has 1 aliphatic heterocycles. The van der Waals surface area contributed by atoms with E-state index >= 15 is 0 Å². The highest BCUT2D eigenvalue weighted by molar-refractivity contribution is 5.89. The Bertz CT molecular complexity index is 458. The first-order valence-electron chi connectivity index (χ1n) is 4.71. The topological polar surface area (TPSA) is 128 Å². The first-order chi connectivity index (χ1) is 8.06. The van der Waals surface area contributed by atoms with Crippen molar-refractivity contribution < 1.29 is 24.7 Å². The summed E-state index contributed by atoms with van der Waals surface area (Å²) in [6, 6.07) is 0. The summed E-state index contributed by atoms with van der Waals surface area (Å²) in [4.78, 5) is 24.7. The van der Waals surface area contributed by atoms with Crippen molar-refractivity contribution in [2.45, 2.75) is 18.4 Å². The van der Waals surface area contributed by atoms with Crippen molar-refractivity contribution >= 4 is 11.7 Å². The quantitative estimate of drug-likeness (QED) is 0.494. The Morgan fingerprint density at radius 1 is 1.65 bits per heavy atom. The molecule has 0 saturated carbocycles. The first-order valence-corrected chi connectivity index (χ1v) is 4.71. The number of nitrogens with zero attached hydrogens (tertiary/aromatic N) is 3. The van der Waals surface area contributed by atoms with E-state index in [4.69, 9.17) is 9.84 Å². The van der Waals surface area contributed by atoms with Gasteiger partial charge in [0.2, 0.25) is 6.23 Å². The van der Waals surface area contributed by atoms with Crippen LogP contribution in [0.3, 0.4) is 0 Å². The SMILES string of the molecule is O=C1[C@@H](CO)OC(n2ccnc2[N+](=O)[O-])[C@H]1O. The van der Waals surface area contributed by atoms with E-state index < -0.39 is 41.7 Å². The van der Waals surface area contributed by atoms with E-state index in [1.807, 2.05) is 0 Å². The molecule has 0 spiro atoms. The summed E-state index contributed by atoms with van der Waals surface area (Å²) in [5, 5.41) is 29.0. The predicted molar refractivity (Wildman–Crippen MR) is 50.9 cm³/mol. The number of imidazole rings is 1. The van der Waals surface area contributed by atoms with Gasteiger partial charge in [0.25, 0.3) is 0 Å². The maximum Gasteiger partial charge on any atom is 0.436 e. The van der Waals surface area contributed by atoms with Crippen LogP contribution in [-0.2, 0) is 9.53 Å². The summed E-state index contributed by atoms with van der Waals surface area (Å²) < 4.78 is 5.98. The summed E-state index contributed by atoms with van der Waals surface area (Å²) in [6.07, 6.45) is -1.58. The third-order valence-corrected chi connectivity index (χ3v) is 2.43. The largest absolute Gasteiger partial charge is 0.436 e. The molecule has 1 unspecified atom stereocenters. The molecule has 0 aromatic carbocycles. The smallest absolute Gasteiger partial charge is 0.393 e. The molecule has 1 aromatic rings. The minimum Gasteiger partial charge on any atom is -0.393 e. The lowest BCUT2D eigenvalue weighted by Gasteiger charge is -2.11. The number of carbonyl (C=O) groups is 1. The zero-order valence-electron chi connectivity index (χ0n) is 8.46. The Balaban J connectivity index is 2.32. The van der Waals surface area contributed by atoms with E-state index in [2.05, 4.69) is 4.98 Å². The molecule has 17 heavy (non-hydrogen) atoms. The molecule has 9 nitrogen and oxygen atoms in total. The van der Waals surface area contributed by atoms with Gasteiger partial charge in [0.15, 0.2) is 11.9 Å². The van der Waals surface area contributed by atoms with Gasteiger partial charge < -0.3 is 25.1 Å². The number of carbonyl (C=O) groups excluding carboxylic acids is 1. The highest BCUT2D eigenvalue weighted by atomic mass is 16.6. The maximum atomic E-state index is 11.4. The number of hydrogen-bond acceptors (Lipinski definition) is 7. The summed E-state index contributed by atoms with van der Waals surface area (Å²) in [7, 11) is 0. The summed E-state index contributed by atoms with van der Waals surface area (Å²) in [5.74, 6) is -1.25. The van der Waals surface area contributed by atoms with Gasteiger partial charge in [0.05, 0.1) is 6.61 Å². The van der Waals surface area contributed by atoms with Gasteiger partial charge in [0.1, 0.15) is 18.5 Å². The van der Waals surface area contributed by atoms with Gasteiger partial charge in [-0.25, -0.2) is 0 Å². The van der Waals surface area contributed by atoms with Crippen molar-refractivity contribution in [3.63, 3.8) is 0 Å². The lowest BCUT2D eigenvalue weighted by atomic mass is 10.2. The highest BCUT2D eigenvalue weighted by Crippen LogP contribution is 2.28. The molecule has 3 atom stereocenters. The molecule has 2 N–H and O–H groups in total. The molecule has 2 heterocycles. The van der Waals surface area contributed by atoms with E-state index in [1.54, 1.807) is 0 Å². The highest BCUT2D eigenvalue weighted by Gasteiger charge is 2.46. The summed E-state index contributed by atoms with van der Waals surface area (Å²) >= 11 is 0. The number of rotatable bonds is 3. The van der Waals surface area contributed by atoms with E-state index in [9.17, 15) is 20.0 Å². The monoisotopic (exact) mass is 243 g/mol. The van der Waals surface area contributed by atoms with Crippen LogP contribution in [0.1, 0.15) is 6.23 Å². The van der Waals surface area contributed by atoms with Crippen LogP contribution >= 0.6 is 0 Å². The second-order valence-corrected chi connectivity index (χ2v) is 3.44. The number of nitro groups is 1. The number of Topliss-reactive ketones (excluding diaryl/α,β-unsaturated/α-hetero) is 1. The molecule has 1 aromatic heterocycles. The Morgan fingerprint density at radius 2 is 2.35 bits per heavy atom. The van der Waals surface area contributed by atoms with Crippen molar-refractivity contribution in [2.24, 2.45) is 0 Å². The fourth-order valence-corrected chi connectivity index (χ4v) is 1.64. The fourth-order valence-electron chi connectivity index (χ4n) is 1.64. The van der Waals surface area contributed by atoms with Crippen molar-refractivity contribution in [3.05, 3.63) is 22.5 Å².